The van der Waals surface area contributed by atoms with Gasteiger partial charge in [-0.05, 0) is 12.8 Å². The third kappa shape index (κ3) is 5.53. The summed E-state index contributed by atoms with van der Waals surface area (Å²) in [5.41, 5.74) is -6.10. The normalized spacial score (nSPS) is 15.7. The molecule has 0 spiro atoms. The number of aliphatic carboxylic acids is 1. The van der Waals surface area contributed by atoms with Gasteiger partial charge in [-0.2, -0.15) is 39.5 Å². The Kier molecular flexibility index (Phi) is 6.56. The first-order valence-corrected chi connectivity index (χ1v) is 6.20. The summed E-state index contributed by atoms with van der Waals surface area (Å²) in [6, 6.07) is 0. The number of ether oxygens (including phenoxy) is 1. The predicted molar refractivity (Wildman–Crippen MR) is 62.2 cm³/mol. The Labute approximate surface area is 134 Å². The van der Waals surface area contributed by atoms with Crippen LogP contribution < -0.4 is 0 Å². The molecule has 0 rings (SSSR count). The van der Waals surface area contributed by atoms with Crippen LogP contribution in [0.15, 0.2) is 11.6 Å². The Morgan fingerprint density at radius 1 is 1.00 bits per heavy atom. The molecule has 0 aromatic rings. The van der Waals surface area contributed by atoms with Gasteiger partial charge < -0.3 is 9.84 Å². The topological polar surface area (TPSA) is 63.6 Å². The molecule has 25 heavy (non-hydrogen) atoms. The fourth-order valence-corrected chi connectivity index (χ4v) is 1.78. The minimum atomic E-state index is -6.44. The first kappa shape index (κ1) is 23.1. The van der Waals surface area contributed by atoms with Gasteiger partial charge in [0.05, 0.1) is 0 Å². The second kappa shape index (κ2) is 7.12. The molecule has 1 N–H and O–H groups in total. The standard InChI is InChI=1S/C12H11F9O4/c1-5(3-6(2)7(22)23)4-9(11(16,17)18,12(19,20)21)25-8(24)10(13,14)15/h3,5H,4H2,1-2H3,(H,22,23). The molecule has 4 nitrogen and oxygen atoms in total. The van der Waals surface area contributed by atoms with E-state index in [-0.39, 0.29) is 0 Å². The van der Waals surface area contributed by atoms with Crippen LogP contribution in [0.2, 0.25) is 0 Å². The molecule has 1 unspecified atom stereocenters. The Balaban J connectivity index is 6.11. The number of esters is 1. The Morgan fingerprint density at radius 2 is 1.40 bits per heavy atom. The molecule has 0 amide bonds. The molecule has 0 bridgehead atoms. The average Bonchev–Trinajstić information content (AvgIpc) is 2.33. The fourth-order valence-electron chi connectivity index (χ4n) is 1.78. The monoisotopic (exact) mass is 390 g/mol. The number of hydrogen-bond acceptors (Lipinski definition) is 3. The van der Waals surface area contributed by atoms with E-state index in [1.807, 2.05) is 0 Å². The Bertz CT molecular complexity index is 528. The van der Waals surface area contributed by atoms with E-state index in [4.69, 9.17) is 5.11 Å². The van der Waals surface area contributed by atoms with Gasteiger partial charge in [0.25, 0.3) is 0 Å². The maximum Gasteiger partial charge on any atom is 0.490 e. The molecular weight excluding hydrogens is 379 g/mol. The average molecular weight is 390 g/mol. The molecule has 0 saturated carbocycles. The van der Waals surface area contributed by atoms with E-state index >= 15 is 0 Å². The van der Waals surface area contributed by atoms with Gasteiger partial charge in [0.15, 0.2) is 0 Å². The number of hydrogen-bond donors (Lipinski definition) is 1. The minimum Gasteiger partial charge on any atom is -0.478 e. The molecule has 0 aromatic carbocycles. The summed E-state index contributed by atoms with van der Waals surface area (Å²) in [5, 5.41) is 8.55. The number of carbonyl (C=O) groups excluding carboxylic acids is 1. The lowest BCUT2D eigenvalue weighted by Gasteiger charge is -2.37. The summed E-state index contributed by atoms with van der Waals surface area (Å²) >= 11 is 0. The SMILES string of the molecule is CC(=CC(C)CC(OC(=O)C(F)(F)F)(C(F)(F)F)C(F)(F)F)C(=O)O. The van der Waals surface area contributed by atoms with Gasteiger partial charge in [0, 0.05) is 12.0 Å². The molecule has 13 heteroatoms. The van der Waals surface area contributed by atoms with Crippen molar-refractivity contribution in [2.24, 2.45) is 5.92 Å². The van der Waals surface area contributed by atoms with Crippen LogP contribution in [0.25, 0.3) is 0 Å². The molecule has 0 aliphatic carbocycles. The van der Waals surface area contributed by atoms with Crippen molar-refractivity contribution in [1.82, 2.24) is 0 Å². The lowest BCUT2D eigenvalue weighted by atomic mass is 9.88. The van der Waals surface area contributed by atoms with Crippen LogP contribution in [-0.4, -0.2) is 41.2 Å². The van der Waals surface area contributed by atoms with Gasteiger partial charge in [-0.25, -0.2) is 9.59 Å². The largest absolute Gasteiger partial charge is 0.490 e. The predicted octanol–water partition coefficient (Wildman–Crippen LogP) is 4.01. The Hall–Kier alpha value is -1.95. The summed E-state index contributed by atoms with van der Waals surface area (Å²) in [6.07, 6.45) is -20.7. The number of carbonyl (C=O) groups is 2. The summed E-state index contributed by atoms with van der Waals surface area (Å²) in [4.78, 5) is 21.2. The van der Waals surface area contributed by atoms with Crippen molar-refractivity contribution < 1.29 is 58.9 Å². The van der Waals surface area contributed by atoms with E-state index in [1.165, 1.54) is 0 Å². The number of alkyl halides is 9. The van der Waals surface area contributed by atoms with Crippen LogP contribution in [0.5, 0.6) is 0 Å². The number of halogens is 9. The molecule has 0 radical (unpaired) electrons. The van der Waals surface area contributed by atoms with Crippen molar-refractivity contribution in [3.8, 4) is 0 Å². The van der Waals surface area contributed by atoms with E-state index < -0.39 is 54.0 Å². The van der Waals surface area contributed by atoms with Crippen LogP contribution in [0.4, 0.5) is 39.5 Å². The number of rotatable bonds is 5. The second-order valence-corrected chi connectivity index (χ2v) is 5.05. The van der Waals surface area contributed by atoms with Gasteiger partial charge in [0.1, 0.15) is 0 Å². The molecule has 0 fully saturated rings. The van der Waals surface area contributed by atoms with Gasteiger partial charge in [-0.15, -0.1) is 0 Å². The lowest BCUT2D eigenvalue weighted by molar-refractivity contribution is -0.378. The third-order valence-electron chi connectivity index (χ3n) is 2.90. The highest BCUT2D eigenvalue weighted by Crippen LogP contribution is 2.50. The van der Waals surface area contributed by atoms with Crippen molar-refractivity contribution in [3.63, 3.8) is 0 Å². The molecule has 0 saturated heterocycles. The molecule has 0 aliphatic heterocycles. The molecule has 1 atom stereocenters. The van der Waals surface area contributed by atoms with Crippen molar-refractivity contribution in [2.75, 3.05) is 0 Å². The molecular formula is C12H11F9O4. The van der Waals surface area contributed by atoms with Gasteiger partial charge in [-0.3, -0.25) is 0 Å². The van der Waals surface area contributed by atoms with E-state index in [0.29, 0.717) is 13.0 Å². The molecule has 146 valence electrons. The van der Waals surface area contributed by atoms with Gasteiger partial charge in [-0.1, -0.05) is 13.0 Å². The Morgan fingerprint density at radius 3 is 1.68 bits per heavy atom. The minimum absolute atomic E-state index is 0.468. The fraction of sp³-hybridized carbons (Fsp3) is 0.667. The van der Waals surface area contributed by atoms with E-state index in [2.05, 4.69) is 4.74 Å². The highest BCUT2D eigenvalue weighted by molar-refractivity contribution is 5.85. The lowest BCUT2D eigenvalue weighted by Crippen LogP contribution is -2.61. The zero-order chi connectivity index (χ0) is 20.4. The highest BCUT2D eigenvalue weighted by atomic mass is 19.4. The van der Waals surface area contributed by atoms with E-state index in [0.717, 1.165) is 6.92 Å². The molecule has 0 aromatic heterocycles. The summed E-state index contributed by atoms with van der Waals surface area (Å²) in [6.45, 7) is 1.55. The van der Waals surface area contributed by atoms with Crippen molar-refractivity contribution in [2.45, 2.75) is 44.4 Å². The van der Waals surface area contributed by atoms with Crippen molar-refractivity contribution in [3.05, 3.63) is 11.6 Å². The van der Waals surface area contributed by atoms with Crippen LogP contribution in [0.3, 0.4) is 0 Å². The summed E-state index contributed by atoms with van der Waals surface area (Å²) < 4.78 is 117. The number of allylic oxidation sites excluding steroid dienone is 1. The van der Waals surface area contributed by atoms with E-state index in [9.17, 15) is 49.1 Å². The van der Waals surface area contributed by atoms with Crippen molar-refractivity contribution in [1.29, 1.82) is 0 Å². The second-order valence-electron chi connectivity index (χ2n) is 5.05. The van der Waals surface area contributed by atoms with Crippen LogP contribution in [0.1, 0.15) is 20.3 Å². The van der Waals surface area contributed by atoms with E-state index in [1.54, 1.807) is 0 Å². The smallest absolute Gasteiger partial charge is 0.478 e. The zero-order valence-corrected chi connectivity index (χ0v) is 12.4. The van der Waals surface area contributed by atoms with Crippen LogP contribution in [0, 0.1) is 5.92 Å². The zero-order valence-electron chi connectivity index (χ0n) is 12.4. The summed E-state index contributed by atoms with van der Waals surface area (Å²) in [7, 11) is 0. The third-order valence-corrected chi connectivity index (χ3v) is 2.90. The highest BCUT2D eigenvalue weighted by Gasteiger charge is 2.75. The van der Waals surface area contributed by atoms with Crippen LogP contribution in [-0.2, 0) is 14.3 Å². The van der Waals surface area contributed by atoms with Gasteiger partial charge >= 0.3 is 36.1 Å². The number of carboxylic acids is 1. The first-order valence-electron chi connectivity index (χ1n) is 6.20. The maximum absolute atomic E-state index is 13.0. The maximum atomic E-state index is 13.0. The quantitative estimate of drug-likeness (QED) is 0.438. The summed E-state index contributed by atoms with van der Waals surface area (Å²) in [5.74, 6) is -7.18. The molecule has 0 aliphatic rings. The van der Waals surface area contributed by atoms with Crippen LogP contribution >= 0.6 is 0 Å². The first-order chi connectivity index (χ1) is 10.8. The number of carboxylic acid groups (broad SMARTS) is 1. The van der Waals surface area contributed by atoms with Gasteiger partial charge in [0.2, 0.25) is 0 Å². The molecule has 0 heterocycles. The van der Waals surface area contributed by atoms with Crippen molar-refractivity contribution >= 4 is 11.9 Å².